The fourth-order valence-corrected chi connectivity index (χ4v) is 3.89. The molecule has 2 heterocycles. The lowest BCUT2D eigenvalue weighted by molar-refractivity contribution is -0.146. The zero-order valence-corrected chi connectivity index (χ0v) is 18.5. The van der Waals surface area contributed by atoms with Crippen molar-refractivity contribution >= 4 is 17.4 Å². The molecule has 5 heteroatoms. The first-order chi connectivity index (χ1) is 15.5. The summed E-state index contributed by atoms with van der Waals surface area (Å²) in [6, 6.07) is 6.48. The van der Waals surface area contributed by atoms with Gasteiger partial charge in [-0.25, -0.2) is 0 Å². The number of allylic oxidation sites excluding steroid dienone is 9. The second-order valence-corrected chi connectivity index (χ2v) is 8.03. The minimum absolute atomic E-state index is 0.194. The predicted molar refractivity (Wildman–Crippen MR) is 129 cm³/mol. The fourth-order valence-electron chi connectivity index (χ4n) is 3.89. The fraction of sp³-hybridized carbons (Fsp3) is 0.259. The first kappa shape index (κ1) is 23.2. The first-order valence-corrected chi connectivity index (χ1v) is 10.8. The molecule has 1 atom stereocenters. The number of carboxylic acid groups (broad SMARTS) is 1. The minimum atomic E-state index is -1.11. The van der Waals surface area contributed by atoms with Gasteiger partial charge in [-0.2, -0.15) is 0 Å². The number of rotatable bonds is 6. The van der Waals surface area contributed by atoms with Gasteiger partial charge in [-0.05, 0) is 48.1 Å². The van der Waals surface area contributed by atoms with Crippen LogP contribution in [-0.2, 0) is 22.6 Å². The van der Waals surface area contributed by atoms with E-state index in [9.17, 15) is 14.7 Å². The summed E-state index contributed by atoms with van der Waals surface area (Å²) in [6.07, 6.45) is 17.9. The Balaban J connectivity index is 1.71. The maximum absolute atomic E-state index is 12.2. The van der Waals surface area contributed by atoms with Crippen LogP contribution in [0.25, 0.3) is 5.57 Å². The number of amides is 1. The molecule has 1 amide bonds. The van der Waals surface area contributed by atoms with Gasteiger partial charge in [0.2, 0.25) is 5.91 Å². The van der Waals surface area contributed by atoms with Crippen molar-refractivity contribution in [3.8, 4) is 0 Å². The maximum Gasteiger partial charge on any atom is 0.316 e. The SMILES string of the molecule is C=C(/C=C\C=C/C)c1ccc2c(c1)CCN(C\C1=C/C=C\C=C/NC(=O)C(C(=O)O)C1)C2. The lowest BCUT2D eigenvalue weighted by atomic mass is 9.93. The van der Waals surface area contributed by atoms with Crippen molar-refractivity contribution in [1.29, 1.82) is 0 Å². The van der Waals surface area contributed by atoms with E-state index in [4.69, 9.17) is 0 Å². The van der Waals surface area contributed by atoms with Crippen molar-refractivity contribution in [2.75, 3.05) is 13.1 Å². The van der Waals surface area contributed by atoms with Crippen LogP contribution in [0.3, 0.4) is 0 Å². The highest BCUT2D eigenvalue weighted by atomic mass is 16.4. The molecule has 1 aromatic carbocycles. The van der Waals surface area contributed by atoms with E-state index in [1.807, 2.05) is 49.5 Å². The molecule has 0 radical (unpaired) electrons. The smallest absolute Gasteiger partial charge is 0.316 e. The minimum Gasteiger partial charge on any atom is -0.481 e. The van der Waals surface area contributed by atoms with Crippen LogP contribution < -0.4 is 5.32 Å². The van der Waals surface area contributed by atoms with Crippen molar-refractivity contribution in [2.45, 2.75) is 26.3 Å². The number of hydrogen-bond acceptors (Lipinski definition) is 3. The molecular formula is C27H30N2O3. The van der Waals surface area contributed by atoms with Crippen LogP contribution in [0.2, 0.25) is 0 Å². The molecule has 0 aromatic heterocycles. The van der Waals surface area contributed by atoms with Crippen molar-refractivity contribution in [2.24, 2.45) is 5.92 Å². The number of hydrogen-bond donors (Lipinski definition) is 2. The van der Waals surface area contributed by atoms with Gasteiger partial charge in [0.1, 0.15) is 5.92 Å². The molecule has 2 aliphatic rings. The summed E-state index contributed by atoms with van der Waals surface area (Å²) >= 11 is 0. The molecule has 2 N–H and O–H groups in total. The molecule has 0 spiro atoms. The van der Waals surface area contributed by atoms with Gasteiger partial charge in [-0.1, -0.05) is 72.9 Å². The Hall–Kier alpha value is -3.44. The molecule has 0 aliphatic carbocycles. The lowest BCUT2D eigenvalue weighted by Crippen LogP contribution is -2.36. The molecule has 0 bridgehead atoms. The monoisotopic (exact) mass is 430 g/mol. The molecule has 32 heavy (non-hydrogen) atoms. The van der Waals surface area contributed by atoms with Crippen LogP contribution in [0.4, 0.5) is 0 Å². The van der Waals surface area contributed by atoms with Gasteiger partial charge in [0.25, 0.3) is 0 Å². The van der Waals surface area contributed by atoms with Crippen LogP contribution >= 0.6 is 0 Å². The van der Waals surface area contributed by atoms with E-state index in [1.54, 1.807) is 6.08 Å². The van der Waals surface area contributed by atoms with E-state index in [1.165, 1.54) is 17.3 Å². The van der Waals surface area contributed by atoms with Crippen LogP contribution in [0.1, 0.15) is 30.0 Å². The Morgan fingerprint density at radius 1 is 1.25 bits per heavy atom. The summed E-state index contributed by atoms with van der Waals surface area (Å²) in [6.45, 7) is 8.45. The average molecular weight is 431 g/mol. The van der Waals surface area contributed by atoms with E-state index in [2.05, 4.69) is 35.0 Å². The number of aliphatic carboxylic acids is 1. The number of nitrogens with one attached hydrogen (secondary N) is 1. The average Bonchev–Trinajstić information content (AvgIpc) is 2.78. The van der Waals surface area contributed by atoms with Crippen molar-refractivity contribution in [3.63, 3.8) is 0 Å². The Morgan fingerprint density at radius 3 is 2.88 bits per heavy atom. The molecule has 1 aromatic rings. The molecule has 3 rings (SSSR count). The van der Waals surface area contributed by atoms with Gasteiger partial charge in [-0.15, -0.1) is 0 Å². The van der Waals surface area contributed by atoms with Gasteiger partial charge < -0.3 is 10.4 Å². The van der Waals surface area contributed by atoms with Crippen molar-refractivity contribution in [1.82, 2.24) is 10.2 Å². The van der Waals surface area contributed by atoms with Crippen LogP contribution in [-0.4, -0.2) is 35.0 Å². The molecule has 0 saturated heterocycles. The highest BCUT2D eigenvalue weighted by Crippen LogP contribution is 2.25. The molecule has 2 aliphatic heterocycles. The number of carbonyl (C=O) groups is 2. The molecule has 1 unspecified atom stereocenters. The van der Waals surface area contributed by atoms with Gasteiger partial charge in [0.15, 0.2) is 0 Å². The van der Waals surface area contributed by atoms with Crippen LogP contribution in [0.5, 0.6) is 0 Å². The van der Waals surface area contributed by atoms with E-state index in [-0.39, 0.29) is 6.42 Å². The third kappa shape index (κ3) is 6.28. The normalized spacial score (nSPS) is 23.2. The Kier molecular flexibility index (Phi) is 8.17. The largest absolute Gasteiger partial charge is 0.481 e. The van der Waals surface area contributed by atoms with Crippen molar-refractivity contribution in [3.05, 3.63) is 102 Å². The van der Waals surface area contributed by atoms with E-state index >= 15 is 0 Å². The Morgan fingerprint density at radius 2 is 2.09 bits per heavy atom. The van der Waals surface area contributed by atoms with Gasteiger partial charge in [0.05, 0.1) is 0 Å². The second kappa shape index (κ2) is 11.3. The number of carbonyl (C=O) groups excluding carboxylic acids is 1. The van der Waals surface area contributed by atoms with E-state index < -0.39 is 17.8 Å². The molecule has 166 valence electrons. The number of nitrogens with zero attached hydrogens (tertiary/aromatic N) is 1. The summed E-state index contributed by atoms with van der Waals surface area (Å²) in [5, 5.41) is 12.1. The van der Waals surface area contributed by atoms with Gasteiger partial charge in [-0.3, -0.25) is 14.5 Å². The topological polar surface area (TPSA) is 69.6 Å². The quantitative estimate of drug-likeness (QED) is 0.518. The molecular weight excluding hydrogens is 400 g/mol. The zero-order valence-electron chi connectivity index (χ0n) is 18.5. The zero-order chi connectivity index (χ0) is 22.9. The van der Waals surface area contributed by atoms with Gasteiger partial charge >= 0.3 is 5.97 Å². The van der Waals surface area contributed by atoms with Crippen LogP contribution in [0, 0.1) is 5.92 Å². The summed E-state index contributed by atoms with van der Waals surface area (Å²) in [7, 11) is 0. The van der Waals surface area contributed by atoms with E-state index in [0.29, 0.717) is 6.54 Å². The molecule has 0 saturated carbocycles. The number of benzene rings is 1. The maximum atomic E-state index is 12.2. The lowest BCUT2D eigenvalue weighted by Gasteiger charge is -2.30. The van der Waals surface area contributed by atoms with Gasteiger partial charge in [0, 0.05) is 25.8 Å². The molecule has 0 fully saturated rings. The van der Waals surface area contributed by atoms with Crippen molar-refractivity contribution < 1.29 is 14.7 Å². The van der Waals surface area contributed by atoms with E-state index in [0.717, 1.165) is 36.2 Å². The van der Waals surface area contributed by atoms with Crippen LogP contribution in [0.15, 0.2) is 85.2 Å². The summed E-state index contributed by atoms with van der Waals surface area (Å²) in [4.78, 5) is 26.2. The Bertz CT molecular complexity index is 1030. The molecule has 5 nitrogen and oxygen atoms in total. The summed E-state index contributed by atoms with van der Waals surface area (Å²) < 4.78 is 0. The first-order valence-electron chi connectivity index (χ1n) is 10.8. The number of carboxylic acids is 1. The predicted octanol–water partition coefficient (Wildman–Crippen LogP) is 4.41. The second-order valence-electron chi connectivity index (χ2n) is 8.03. The highest BCUT2D eigenvalue weighted by Gasteiger charge is 2.28. The third-order valence-electron chi connectivity index (χ3n) is 5.65. The summed E-state index contributed by atoms with van der Waals surface area (Å²) in [5.41, 5.74) is 5.64. The third-order valence-corrected chi connectivity index (χ3v) is 5.65. The highest BCUT2D eigenvalue weighted by molar-refractivity contribution is 5.97. The summed E-state index contributed by atoms with van der Waals surface area (Å²) in [5.74, 6) is -2.69. The standard InChI is InChI=1S/C27H30N2O3/c1-3-4-6-9-20(2)22-11-12-24-19-29(15-13-23(24)17-22)18-21-10-7-5-8-14-28-26(30)25(16-21)27(31)32/h3-12,14,17,25H,2,13,15-16,18-19H2,1H3,(H,28,30)(H,31,32)/b4-3-,7-5-,9-6-,14-8-,21-10-. The number of fused-ring (bicyclic) bond motifs is 1. The Labute approximate surface area is 189 Å².